The molecule has 0 amide bonds. The van der Waals surface area contributed by atoms with Gasteiger partial charge in [0.05, 0.1) is 0 Å². The first kappa shape index (κ1) is 15.6. The van der Waals surface area contributed by atoms with Crippen molar-refractivity contribution in [2.24, 2.45) is 7.05 Å². The van der Waals surface area contributed by atoms with Crippen LogP contribution in [0.3, 0.4) is 0 Å². The standard InChI is InChI=1S/C16H18N4O2S/c1-3-23-16-17-13-12(14(21)18-15(22)19(13)2)20(16)10-9-11-7-5-4-6-8-11/h4-8H,3,9-10H2,1-2H3,(H,18,21,22). The maximum Gasteiger partial charge on any atom is 0.329 e. The predicted octanol–water partition coefficient (Wildman–Crippen LogP) is 1.78. The van der Waals surface area contributed by atoms with Gasteiger partial charge in [0.1, 0.15) is 0 Å². The fraction of sp³-hybridized carbons (Fsp3) is 0.312. The van der Waals surface area contributed by atoms with Crippen LogP contribution < -0.4 is 11.2 Å². The Bertz CT molecular complexity index is 940. The summed E-state index contributed by atoms with van der Waals surface area (Å²) in [4.78, 5) is 30.9. The average Bonchev–Trinajstić information content (AvgIpc) is 2.91. The lowest BCUT2D eigenvalue weighted by Gasteiger charge is -2.08. The molecule has 0 radical (unpaired) electrons. The van der Waals surface area contributed by atoms with Crippen LogP contribution in [0.1, 0.15) is 12.5 Å². The molecule has 2 aromatic heterocycles. The number of thioether (sulfide) groups is 1. The fourth-order valence-corrected chi connectivity index (χ4v) is 3.29. The van der Waals surface area contributed by atoms with Crippen LogP contribution >= 0.6 is 11.8 Å². The van der Waals surface area contributed by atoms with E-state index in [1.165, 1.54) is 10.1 Å². The van der Waals surface area contributed by atoms with E-state index < -0.39 is 5.69 Å². The topological polar surface area (TPSA) is 72.7 Å². The number of fused-ring (bicyclic) bond motifs is 1. The minimum absolute atomic E-state index is 0.383. The number of rotatable bonds is 5. The number of nitrogens with zero attached hydrogens (tertiary/aromatic N) is 3. The first-order chi connectivity index (χ1) is 11.1. The maximum absolute atomic E-state index is 12.3. The van der Waals surface area contributed by atoms with Gasteiger partial charge in [-0.25, -0.2) is 9.78 Å². The van der Waals surface area contributed by atoms with Crippen molar-refractivity contribution in [1.29, 1.82) is 0 Å². The van der Waals surface area contributed by atoms with E-state index in [1.807, 2.05) is 29.7 Å². The number of benzene rings is 1. The van der Waals surface area contributed by atoms with Gasteiger partial charge >= 0.3 is 5.69 Å². The van der Waals surface area contributed by atoms with Crippen molar-refractivity contribution in [2.45, 2.75) is 25.0 Å². The van der Waals surface area contributed by atoms with Crippen LogP contribution in [0.2, 0.25) is 0 Å². The number of imidazole rings is 1. The summed E-state index contributed by atoms with van der Waals surface area (Å²) in [6.45, 7) is 2.68. The Kier molecular flexibility index (Phi) is 4.38. The zero-order valence-corrected chi connectivity index (χ0v) is 13.9. The van der Waals surface area contributed by atoms with Crippen molar-refractivity contribution in [3.8, 4) is 0 Å². The van der Waals surface area contributed by atoms with E-state index in [4.69, 9.17) is 0 Å². The smallest absolute Gasteiger partial charge is 0.313 e. The van der Waals surface area contributed by atoms with E-state index in [0.29, 0.717) is 17.7 Å². The second-order valence-electron chi connectivity index (χ2n) is 5.21. The predicted molar refractivity (Wildman–Crippen MR) is 92.1 cm³/mol. The normalized spacial score (nSPS) is 11.2. The monoisotopic (exact) mass is 330 g/mol. The molecule has 120 valence electrons. The summed E-state index contributed by atoms with van der Waals surface area (Å²) in [7, 11) is 1.62. The molecular weight excluding hydrogens is 312 g/mol. The summed E-state index contributed by atoms with van der Waals surface area (Å²) in [5.41, 5.74) is 1.26. The lowest BCUT2D eigenvalue weighted by molar-refractivity contribution is 0.650. The van der Waals surface area contributed by atoms with Crippen LogP contribution in [0.15, 0.2) is 45.1 Å². The van der Waals surface area contributed by atoms with Crippen LogP contribution in [0.4, 0.5) is 0 Å². The number of nitrogens with one attached hydrogen (secondary N) is 1. The molecule has 7 heteroatoms. The second kappa shape index (κ2) is 6.45. The Morgan fingerprint density at radius 2 is 1.96 bits per heavy atom. The molecule has 1 N–H and O–H groups in total. The molecule has 0 aliphatic carbocycles. The summed E-state index contributed by atoms with van der Waals surface area (Å²) >= 11 is 1.57. The van der Waals surface area contributed by atoms with Crippen molar-refractivity contribution >= 4 is 22.9 Å². The highest BCUT2D eigenvalue weighted by Gasteiger charge is 2.17. The summed E-state index contributed by atoms with van der Waals surface area (Å²) in [6, 6.07) is 10.1. The second-order valence-corrected chi connectivity index (χ2v) is 6.44. The van der Waals surface area contributed by atoms with Crippen molar-refractivity contribution in [1.82, 2.24) is 19.1 Å². The quantitative estimate of drug-likeness (QED) is 0.724. The molecule has 0 aliphatic heterocycles. The van der Waals surface area contributed by atoms with Gasteiger partial charge < -0.3 is 4.57 Å². The highest BCUT2D eigenvalue weighted by Crippen LogP contribution is 2.21. The Morgan fingerprint density at radius 3 is 2.65 bits per heavy atom. The van der Waals surface area contributed by atoms with Crippen molar-refractivity contribution < 1.29 is 0 Å². The van der Waals surface area contributed by atoms with Crippen LogP contribution in [0.25, 0.3) is 11.2 Å². The van der Waals surface area contributed by atoms with E-state index in [9.17, 15) is 9.59 Å². The number of hydrogen-bond donors (Lipinski definition) is 1. The number of hydrogen-bond acceptors (Lipinski definition) is 4. The lowest BCUT2D eigenvalue weighted by atomic mass is 10.1. The van der Waals surface area contributed by atoms with Crippen LogP contribution in [-0.4, -0.2) is 24.9 Å². The number of aromatic nitrogens is 4. The van der Waals surface area contributed by atoms with Gasteiger partial charge in [-0.05, 0) is 17.7 Å². The molecule has 6 nitrogen and oxygen atoms in total. The summed E-state index contributed by atoms with van der Waals surface area (Å²) < 4.78 is 3.30. The van der Waals surface area contributed by atoms with E-state index in [0.717, 1.165) is 17.3 Å². The van der Waals surface area contributed by atoms with Gasteiger partial charge in [0.25, 0.3) is 5.56 Å². The zero-order chi connectivity index (χ0) is 16.4. The van der Waals surface area contributed by atoms with Crippen LogP contribution in [-0.2, 0) is 20.0 Å². The molecule has 0 fully saturated rings. The van der Waals surface area contributed by atoms with E-state index in [2.05, 4.69) is 22.1 Å². The van der Waals surface area contributed by atoms with Gasteiger partial charge in [-0.1, -0.05) is 49.0 Å². The van der Waals surface area contributed by atoms with E-state index >= 15 is 0 Å². The minimum Gasteiger partial charge on any atom is -0.313 e. The van der Waals surface area contributed by atoms with Crippen LogP contribution in [0.5, 0.6) is 0 Å². The molecular formula is C16H18N4O2S. The Labute approximate surface area is 137 Å². The molecule has 23 heavy (non-hydrogen) atoms. The number of H-pyrrole nitrogens is 1. The van der Waals surface area contributed by atoms with E-state index in [-0.39, 0.29) is 5.56 Å². The number of aryl methyl sites for hydroxylation is 3. The largest absolute Gasteiger partial charge is 0.329 e. The highest BCUT2D eigenvalue weighted by molar-refractivity contribution is 7.99. The number of aromatic amines is 1. The molecule has 0 atom stereocenters. The molecule has 1 aromatic carbocycles. The zero-order valence-electron chi connectivity index (χ0n) is 13.1. The third kappa shape index (κ3) is 2.96. The minimum atomic E-state index is -0.441. The Morgan fingerprint density at radius 1 is 1.22 bits per heavy atom. The lowest BCUT2D eigenvalue weighted by Crippen LogP contribution is -2.29. The van der Waals surface area contributed by atoms with Crippen LogP contribution in [0, 0.1) is 0 Å². The fourth-order valence-electron chi connectivity index (χ4n) is 2.55. The third-order valence-electron chi connectivity index (χ3n) is 3.71. The summed E-state index contributed by atoms with van der Waals surface area (Å²) in [6.07, 6.45) is 0.797. The molecule has 0 spiro atoms. The summed E-state index contributed by atoms with van der Waals surface area (Å²) in [5.74, 6) is 0.848. The maximum atomic E-state index is 12.3. The third-order valence-corrected chi connectivity index (χ3v) is 4.57. The summed E-state index contributed by atoms with van der Waals surface area (Å²) in [5, 5.41) is 0.769. The van der Waals surface area contributed by atoms with Crippen molar-refractivity contribution in [3.05, 3.63) is 56.7 Å². The first-order valence-electron chi connectivity index (χ1n) is 7.48. The SMILES string of the molecule is CCSc1nc2c(c(=O)[nH]c(=O)n2C)n1CCc1ccccc1. The molecule has 3 rings (SSSR count). The van der Waals surface area contributed by atoms with E-state index in [1.54, 1.807) is 18.8 Å². The highest BCUT2D eigenvalue weighted by atomic mass is 32.2. The Balaban J connectivity index is 2.10. The molecule has 0 saturated carbocycles. The van der Waals surface area contributed by atoms with Gasteiger partial charge in [0, 0.05) is 13.6 Å². The molecule has 3 aromatic rings. The molecule has 2 heterocycles. The van der Waals surface area contributed by atoms with Gasteiger partial charge in [0.2, 0.25) is 0 Å². The Hall–Kier alpha value is -2.28. The van der Waals surface area contributed by atoms with Gasteiger partial charge in [-0.3, -0.25) is 14.3 Å². The molecule has 0 aliphatic rings. The van der Waals surface area contributed by atoms with Crippen molar-refractivity contribution in [2.75, 3.05) is 5.75 Å². The molecule has 0 unspecified atom stereocenters. The average molecular weight is 330 g/mol. The van der Waals surface area contributed by atoms with Gasteiger partial charge in [0.15, 0.2) is 16.3 Å². The first-order valence-corrected chi connectivity index (χ1v) is 8.46. The molecule has 0 bridgehead atoms. The van der Waals surface area contributed by atoms with Gasteiger partial charge in [-0.15, -0.1) is 0 Å². The molecule has 0 saturated heterocycles. The van der Waals surface area contributed by atoms with Crippen molar-refractivity contribution in [3.63, 3.8) is 0 Å². The van der Waals surface area contributed by atoms with Gasteiger partial charge in [-0.2, -0.15) is 0 Å².